The molecule has 0 bridgehead atoms. The number of carbonyl (C=O) groups excluding carboxylic acids is 1. The lowest BCUT2D eigenvalue weighted by molar-refractivity contribution is -0.0177. The van der Waals surface area contributed by atoms with Crippen LogP contribution in [0, 0.1) is 0 Å². The highest BCUT2D eigenvalue weighted by Crippen LogP contribution is 2.17. The summed E-state index contributed by atoms with van der Waals surface area (Å²) in [6, 6.07) is 6.27. The van der Waals surface area contributed by atoms with Crippen LogP contribution in [-0.2, 0) is 9.47 Å². The highest BCUT2D eigenvalue weighted by molar-refractivity contribution is 5.87. The van der Waals surface area contributed by atoms with E-state index in [2.05, 4.69) is 0 Å². The van der Waals surface area contributed by atoms with Crippen LogP contribution in [0.4, 0.5) is 4.79 Å². The topological polar surface area (TPSA) is 85.3 Å². The molecule has 0 aliphatic carbocycles. The number of benzene rings is 1. The van der Waals surface area contributed by atoms with Crippen LogP contribution in [0.15, 0.2) is 24.3 Å². The summed E-state index contributed by atoms with van der Waals surface area (Å²) in [5.74, 6) is -0.351. The second-order valence-corrected chi connectivity index (χ2v) is 7.22. The third kappa shape index (κ3) is 6.55. The van der Waals surface area contributed by atoms with Gasteiger partial charge >= 0.3 is 12.1 Å². The molecule has 0 atom stereocenters. The molecule has 1 aromatic rings. The third-order valence-corrected chi connectivity index (χ3v) is 3.90. The number of likely N-dealkylation sites (tertiary alicyclic amines) is 1. The van der Waals surface area contributed by atoms with E-state index in [9.17, 15) is 9.59 Å². The van der Waals surface area contributed by atoms with Crippen molar-refractivity contribution in [2.24, 2.45) is 0 Å². The number of aromatic carboxylic acids is 1. The zero-order valence-electron chi connectivity index (χ0n) is 15.6. The van der Waals surface area contributed by atoms with E-state index in [0.717, 1.165) is 12.8 Å². The normalized spacial score (nSPS) is 15.6. The molecular weight excluding hydrogens is 338 g/mol. The maximum Gasteiger partial charge on any atom is 0.410 e. The van der Waals surface area contributed by atoms with Gasteiger partial charge in [-0.15, -0.1) is 0 Å². The van der Waals surface area contributed by atoms with Crippen LogP contribution in [0.5, 0.6) is 5.75 Å². The summed E-state index contributed by atoms with van der Waals surface area (Å²) in [5, 5.41) is 8.85. The molecule has 7 nitrogen and oxygen atoms in total. The molecule has 0 radical (unpaired) electrons. The van der Waals surface area contributed by atoms with Gasteiger partial charge in [-0.05, 0) is 57.9 Å². The number of nitrogens with zero attached hydrogens (tertiary/aromatic N) is 1. The lowest BCUT2D eigenvalue weighted by Gasteiger charge is -2.33. The largest absolute Gasteiger partial charge is 0.491 e. The number of hydrogen-bond donors (Lipinski definition) is 1. The van der Waals surface area contributed by atoms with E-state index in [1.54, 1.807) is 17.0 Å². The molecule has 1 amide bonds. The minimum atomic E-state index is -0.961. The van der Waals surface area contributed by atoms with Crippen LogP contribution >= 0.6 is 0 Å². The summed E-state index contributed by atoms with van der Waals surface area (Å²) < 4.78 is 16.7. The number of ether oxygens (including phenoxy) is 3. The monoisotopic (exact) mass is 365 g/mol. The Morgan fingerprint density at radius 2 is 1.73 bits per heavy atom. The van der Waals surface area contributed by atoms with Gasteiger partial charge in [-0.3, -0.25) is 0 Å². The van der Waals surface area contributed by atoms with Crippen molar-refractivity contribution in [2.45, 2.75) is 45.3 Å². The molecule has 1 aromatic carbocycles. The molecule has 1 aliphatic heterocycles. The summed E-state index contributed by atoms with van der Waals surface area (Å²) in [7, 11) is 0. The second kappa shape index (κ2) is 8.89. The molecule has 0 spiro atoms. The lowest BCUT2D eigenvalue weighted by atomic mass is 10.1. The van der Waals surface area contributed by atoms with Crippen molar-refractivity contribution in [2.75, 3.05) is 26.3 Å². The van der Waals surface area contributed by atoms with E-state index in [1.165, 1.54) is 12.1 Å². The highest BCUT2D eigenvalue weighted by atomic mass is 16.6. The van der Waals surface area contributed by atoms with Gasteiger partial charge in [-0.1, -0.05) is 0 Å². The van der Waals surface area contributed by atoms with E-state index in [0.29, 0.717) is 32.1 Å². The van der Waals surface area contributed by atoms with Gasteiger partial charge < -0.3 is 24.2 Å². The zero-order valence-corrected chi connectivity index (χ0v) is 15.6. The number of rotatable bonds is 6. The first-order valence-electron chi connectivity index (χ1n) is 8.80. The summed E-state index contributed by atoms with van der Waals surface area (Å²) in [6.45, 7) is 7.65. The summed E-state index contributed by atoms with van der Waals surface area (Å²) in [4.78, 5) is 24.5. The Morgan fingerprint density at radius 3 is 2.27 bits per heavy atom. The molecule has 0 saturated carbocycles. The molecule has 1 aliphatic rings. The van der Waals surface area contributed by atoms with E-state index in [-0.39, 0.29) is 17.8 Å². The fourth-order valence-corrected chi connectivity index (χ4v) is 2.60. The first-order valence-corrected chi connectivity index (χ1v) is 8.80. The minimum Gasteiger partial charge on any atom is -0.491 e. The number of piperidine rings is 1. The lowest BCUT2D eigenvalue weighted by Crippen LogP contribution is -2.43. The number of carbonyl (C=O) groups is 2. The Morgan fingerprint density at radius 1 is 1.12 bits per heavy atom. The van der Waals surface area contributed by atoms with E-state index in [4.69, 9.17) is 19.3 Å². The summed E-state index contributed by atoms with van der Waals surface area (Å²) in [5.41, 5.74) is -0.255. The van der Waals surface area contributed by atoms with E-state index >= 15 is 0 Å². The van der Waals surface area contributed by atoms with Gasteiger partial charge in [-0.2, -0.15) is 0 Å². The molecule has 1 fully saturated rings. The average Bonchev–Trinajstić information content (AvgIpc) is 2.58. The van der Waals surface area contributed by atoms with Crippen molar-refractivity contribution in [1.82, 2.24) is 4.90 Å². The first kappa shape index (κ1) is 20.0. The quantitative estimate of drug-likeness (QED) is 0.780. The van der Waals surface area contributed by atoms with Crippen LogP contribution in [0.3, 0.4) is 0 Å². The van der Waals surface area contributed by atoms with Crippen LogP contribution < -0.4 is 4.74 Å². The molecule has 1 heterocycles. The zero-order chi connectivity index (χ0) is 19.2. The molecule has 26 heavy (non-hydrogen) atoms. The Kier molecular flexibility index (Phi) is 6.85. The Bertz CT molecular complexity index is 599. The second-order valence-electron chi connectivity index (χ2n) is 7.22. The minimum absolute atomic E-state index is 0.103. The van der Waals surface area contributed by atoms with E-state index in [1.807, 2.05) is 20.8 Å². The van der Waals surface area contributed by atoms with Gasteiger partial charge in [0.15, 0.2) is 0 Å². The Balaban J connectivity index is 1.63. The molecule has 1 N–H and O–H groups in total. The summed E-state index contributed by atoms with van der Waals surface area (Å²) in [6.07, 6.45) is 1.37. The van der Waals surface area contributed by atoms with Gasteiger partial charge in [0, 0.05) is 13.1 Å². The van der Waals surface area contributed by atoms with Crippen molar-refractivity contribution >= 4 is 12.1 Å². The Labute approximate surface area is 153 Å². The van der Waals surface area contributed by atoms with Crippen molar-refractivity contribution in [3.05, 3.63) is 29.8 Å². The van der Waals surface area contributed by atoms with Crippen molar-refractivity contribution in [3.8, 4) is 5.75 Å². The molecule has 0 unspecified atom stereocenters. The molecule has 0 aromatic heterocycles. The predicted molar refractivity (Wildman–Crippen MR) is 95.7 cm³/mol. The van der Waals surface area contributed by atoms with Crippen molar-refractivity contribution in [1.29, 1.82) is 0 Å². The smallest absolute Gasteiger partial charge is 0.410 e. The van der Waals surface area contributed by atoms with Crippen molar-refractivity contribution < 1.29 is 28.9 Å². The Hall–Kier alpha value is -2.28. The SMILES string of the molecule is CC(C)(C)OC(=O)N1CCC(OCCOc2ccc(C(=O)O)cc2)CC1. The predicted octanol–water partition coefficient (Wildman–Crippen LogP) is 3.18. The van der Waals surface area contributed by atoms with Crippen LogP contribution in [0.2, 0.25) is 0 Å². The number of carboxylic acids is 1. The molecule has 2 rings (SSSR count). The molecule has 144 valence electrons. The van der Waals surface area contributed by atoms with Gasteiger partial charge in [0.1, 0.15) is 18.0 Å². The van der Waals surface area contributed by atoms with Gasteiger partial charge in [0.05, 0.1) is 18.3 Å². The maximum absolute atomic E-state index is 12.0. The number of hydrogen-bond acceptors (Lipinski definition) is 5. The van der Waals surface area contributed by atoms with Crippen LogP contribution in [0.25, 0.3) is 0 Å². The summed E-state index contributed by atoms with van der Waals surface area (Å²) >= 11 is 0. The van der Waals surface area contributed by atoms with Crippen LogP contribution in [0.1, 0.15) is 44.0 Å². The van der Waals surface area contributed by atoms with Gasteiger partial charge in [0.25, 0.3) is 0 Å². The van der Waals surface area contributed by atoms with Gasteiger partial charge in [0.2, 0.25) is 0 Å². The van der Waals surface area contributed by atoms with Crippen LogP contribution in [-0.4, -0.2) is 60.1 Å². The molecule has 7 heteroatoms. The van der Waals surface area contributed by atoms with Gasteiger partial charge in [-0.25, -0.2) is 9.59 Å². The standard InChI is InChI=1S/C19H27NO6/c1-19(2,3)26-18(23)20-10-8-16(9-11-20)25-13-12-24-15-6-4-14(5-7-15)17(21)22/h4-7,16H,8-13H2,1-3H3,(H,21,22). The molecule has 1 saturated heterocycles. The maximum atomic E-state index is 12.0. The van der Waals surface area contributed by atoms with E-state index < -0.39 is 11.6 Å². The average molecular weight is 365 g/mol. The number of carboxylic acid groups (broad SMARTS) is 1. The third-order valence-electron chi connectivity index (χ3n) is 3.90. The highest BCUT2D eigenvalue weighted by Gasteiger charge is 2.27. The fraction of sp³-hybridized carbons (Fsp3) is 0.579. The van der Waals surface area contributed by atoms with Crippen molar-refractivity contribution in [3.63, 3.8) is 0 Å². The fourth-order valence-electron chi connectivity index (χ4n) is 2.60. The number of amides is 1. The first-order chi connectivity index (χ1) is 12.2. The molecular formula is C19H27NO6.